The van der Waals surface area contributed by atoms with Gasteiger partial charge in [-0.05, 0) is 42.4 Å². The van der Waals surface area contributed by atoms with Gasteiger partial charge in [0.05, 0.1) is 0 Å². The Kier molecular flexibility index (Phi) is 4.79. The molecule has 0 saturated carbocycles. The maximum Gasteiger partial charge on any atom is 0.354 e. The van der Waals surface area contributed by atoms with E-state index in [1.165, 1.54) is 6.07 Å². The summed E-state index contributed by atoms with van der Waals surface area (Å²) >= 11 is 1.93. The SMILES string of the molecule is O=C(CC1CCSCC1)Nc1cccc(C(=O)O)n1. The van der Waals surface area contributed by atoms with Gasteiger partial charge in [-0.15, -0.1) is 0 Å². The van der Waals surface area contributed by atoms with Gasteiger partial charge in [-0.1, -0.05) is 6.07 Å². The molecule has 5 nitrogen and oxygen atoms in total. The largest absolute Gasteiger partial charge is 0.477 e. The molecule has 1 aliphatic rings. The molecule has 2 heterocycles. The van der Waals surface area contributed by atoms with Crippen LogP contribution >= 0.6 is 11.8 Å². The molecule has 0 unspecified atom stereocenters. The van der Waals surface area contributed by atoms with E-state index in [0.29, 0.717) is 18.2 Å². The van der Waals surface area contributed by atoms with E-state index in [-0.39, 0.29) is 11.6 Å². The zero-order chi connectivity index (χ0) is 13.7. The predicted octanol–water partition coefficient (Wildman–Crippen LogP) is 2.25. The number of carbonyl (C=O) groups excluding carboxylic acids is 1. The van der Waals surface area contributed by atoms with Crippen LogP contribution in [0.15, 0.2) is 18.2 Å². The molecule has 1 saturated heterocycles. The second-order valence-corrected chi connectivity index (χ2v) is 5.75. The number of nitrogens with zero attached hydrogens (tertiary/aromatic N) is 1. The number of anilines is 1. The average Bonchev–Trinajstić information content (AvgIpc) is 2.40. The summed E-state index contributed by atoms with van der Waals surface area (Å²) in [5.74, 6) is 1.78. The van der Waals surface area contributed by atoms with E-state index in [1.54, 1.807) is 12.1 Å². The predicted molar refractivity (Wildman–Crippen MR) is 74.5 cm³/mol. The number of thioether (sulfide) groups is 1. The van der Waals surface area contributed by atoms with Crippen molar-refractivity contribution in [2.45, 2.75) is 19.3 Å². The molecular formula is C13H16N2O3S. The molecule has 0 bridgehead atoms. The van der Waals surface area contributed by atoms with Crippen molar-refractivity contribution in [2.24, 2.45) is 5.92 Å². The van der Waals surface area contributed by atoms with Crippen molar-refractivity contribution in [3.8, 4) is 0 Å². The van der Waals surface area contributed by atoms with Crippen molar-refractivity contribution >= 4 is 29.5 Å². The Morgan fingerprint density at radius 3 is 2.79 bits per heavy atom. The van der Waals surface area contributed by atoms with Gasteiger partial charge in [-0.25, -0.2) is 9.78 Å². The lowest BCUT2D eigenvalue weighted by Crippen LogP contribution is -2.20. The van der Waals surface area contributed by atoms with Crippen LogP contribution in [0, 0.1) is 5.92 Å². The van der Waals surface area contributed by atoms with E-state index >= 15 is 0 Å². The highest BCUT2D eigenvalue weighted by Crippen LogP contribution is 2.25. The number of aromatic carboxylic acids is 1. The monoisotopic (exact) mass is 280 g/mol. The minimum Gasteiger partial charge on any atom is -0.477 e. The number of aromatic nitrogens is 1. The molecule has 1 aliphatic heterocycles. The molecule has 0 spiro atoms. The highest BCUT2D eigenvalue weighted by atomic mass is 32.2. The smallest absolute Gasteiger partial charge is 0.354 e. The van der Waals surface area contributed by atoms with Crippen molar-refractivity contribution in [1.82, 2.24) is 4.98 Å². The summed E-state index contributed by atoms with van der Waals surface area (Å²) < 4.78 is 0. The first-order valence-electron chi connectivity index (χ1n) is 6.23. The van der Waals surface area contributed by atoms with E-state index in [1.807, 2.05) is 11.8 Å². The normalized spacial score (nSPS) is 16.0. The summed E-state index contributed by atoms with van der Waals surface area (Å²) in [5, 5.41) is 11.5. The van der Waals surface area contributed by atoms with E-state index in [2.05, 4.69) is 10.3 Å². The zero-order valence-electron chi connectivity index (χ0n) is 10.5. The Hall–Kier alpha value is -1.56. The van der Waals surface area contributed by atoms with Gasteiger partial charge in [-0.2, -0.15) is 11.8 Å². The molecule has 0 aliphatic carbocycles. The number of carboxylic acid groups (broad SMARTS) is 1. The second-order valence-electron chi connectivity index (χ2n) is 4.52. The number of amides is 1. The molecule has 1 aromatic rings. The fraction of sp³-hybridized carbons (Fsp3) is 0.462. The standard InChI is InChI=1S/C13H16N2O3S/c16-12(8-9-4-6-19-7-5-9)15-11-3-1-2-10(14-11)13(17)18/h1-3,9H,4-8H2,(H,17,18)(H,14,15,16). The highest BCUT2D eigenvalue weighted by Gasteiger charge is 2.17. The topological polar surface area (TPSA) is 79.3 Å². The van der Waals surface area contributed by atoms with Crippen molar-refractivity contribution in [3.63, 3.8) is 0 Å². The van der Waals surface area contributed by atoms with Crippen molar-refractivity contribution in [3.05, 3.63) is 23.9 Å². The number of carboxylic acids is 1. The van der Waals surface area contributed by atoms with Crippen LogP contribution in [0.4, 0.5) is 5.82 Å². The molecule has 1 fully saturated rings. The number of pyridine rings is 1. The maximum absolute atomic E-state index is 11.9. The third-order valence-electron chi connectivity index (χ3n) is 3.05. The summed E-state index contributed by atoms with van der Waals surface area (Å²) in [4.78, 5) is 26.5. The lowest BCUT2D eigenvalue weighted by atomic mass is 9.98. The van der Waals surface area contributed by atoms with Gasteiger partial charge >= 0.3 is 5.97 Å². The molecule has 0 radical (unpaired) electrons. The fourth-order valence-corrected chi connectivity index (χ4v) is 3.23. The summed E-state index contributed by atoms with van der Waals surface area (Å²) in [6.07, 6.45) is 2.63. The van der Waals surface area contributed by atoms with Gasteiger partial charge in [0.2, 0.25) is 5.91 Å². The summed E-state index contributed by atoms with van der Waals surface area (Å²) in [7, 11) is 0. The van der Waals surface area contributed by atoms with Gasteiger partial charge in [0.1, 0.15) is 5.82 Å². The van der Waals surface area contributed by atoms with Crippen LogP contribution in [0.25, 0.3) is 0 Å². The molecule has 0 aromatic carbocycles. The van der Waals surface area contributed by atoms with Crippen LogP contribution in [-0.2, 0) is 4.79 Å². The summed E-state index contributed by atoms with van der Waals surface area (Å²) in [6.45, 7) is 0. The lowest BCUT2D eigenvalue weighted by molar-refractivity contribution is -0.117. The first-order valence-corrected chi connectivity index (χ1v) is 7.38. The quantitative estimate of drug-likeness (QED) is 0.884. The molecule has 1 amide bonds. The van der Waals surface area contributed by atoms with Gasteiger partial charge in [-0.3, -0.25) is 4.79 Å². The van der Waals surface area contributed by atoms with Gasteiger partial charge in [0.15, 0.2) is 5.69 Å². The van der Waals surface area contributed by atoms with E-state index < -0.39 is 5.97 Å². The Labute approximate surface area is 115 Å². The highest BCUT2D eigenvalue weighted by molar-refractivity contribution is 7.99. The Morgan fingerprint density at radius 2 is 2.11 bits per heavy atom. The number of hydrogen-bond acceptors (Lipinski definition) is 4. The van der Waals surface area contributed by atoms with Crippen LogP contribution in [-0.4, -0.2) is 33.5 Å². The zero-order valence-corrected chi connectivity index (χ0v) is 11.3. The van der Waals surface area contributed by atoms with Crippen LogP contribution in [0.1, 0.15) is 29.8 Å². The molecule has 0 atom stereocenters. The molecule has 6 heteroatoms. The van der Waals surface area contributed by atoms with Crippen LogP contribution in [0.5, 0.6) is 0 Å². The lowest BCUT2D eigenvalue weighted by Gasteiger charge is -2.20. The van der Waals surface area contributed by atoms with Gasteiger partial charge < -0.3 is 10.4 Å². The third-order valence-corrected chi connectivity index (χ3v) is 4.10. The van der Waals surface area contributed by atoms with Crippen LogP contribution < -0.4 is 5.32 Å². The van der Waals surface area contributed by atoms with Crippen LogP contribution in [0.2, 0.25) is 0 Å². The minimum absolute atomic E-state index is 0.0631. The minimum atomic E-state index is -1.10. The average molecular weight is 280 g/mol. The van der Waals surface area contributed by atoms with Crippen molar-refractivity contribution < 1.29 is 14.7 Å². The Bertz CT molecular complexity index is 473. The first kappa shape index (κ1) is 13.9. The summed E-state index contributed by atoms with van der Waals surface area (Å²) in [5.41, 5.74) is -0.0631. The number of hydrogen-bond donors (Lipinski definition) is 2. The summed E-state index contributed by atoms with van der Waals surface area (Å²) in [6, 6.07) is 4.57. The number of rotatable bonds is 4. The Balaban J connectivity index is 1.90. The van der Waals surface area contributed by atoms with E-state index in [0.717, 1.165) is 24.3 Å². The fourth-order valence-electron chi connectivity index (χ4n) is 2.03. The number of nitrogens with one attached hydrogen (secondary N) is 1. The molecule has 2 N–H and O–H groups in total. The third kappa shape index (κ3) is 4.24. The van der Waals surface area contributed by atoms with Gasteiger partial charge in [0, 0.05) is 6.42 Å². The number of carbonyl (C=O) groups is 2. The second kappa shape index (κ2) is 6.56. The van der Waals surface area contributed by atoms with Crippen molar-refractivity contribution in [1.29, 1.82) is 0 Å². The molecule has 2 rings (SSSR count). The van der Waals surface area contributed by atoms with E-state index in [4.69, 9.17) is 5.11 Å². The first-order chi connectivity index (χ1) is 9.15. The molecule has 19 heavy (non-hydrogen) atoms. The van der Waals surface area contributed by atoms with E-state index in [9.17, 15) is 9.59 Å². The maximum atomic E-state index is 11.9. The molecule has 102 valence electrons. The van der Waals surface area contributed by atoms with Crippen LogP contribution in [0.3, 0.4) is 0 Å². The molecular weight excluding hydrogens is 264 g/mol. The van der Waals surface area contributed by atoms with Gasteiger partial charge in [0.25, 0.3) is 0 Å². The Morgan fingerprint density at radius 1 is 1.37 bits per heavy atom. The van der Waals surface area contributed by atoms with Crippen molar-refractivity contribution in [2.75, 3.05) is 16.8 Å². The molecule has 1 aromatic heterocycles.